The molecule has 1 amide bonds. The van der Waals surface area contributed by atoms with Gasteiger partial charge in [-0.3, -0.25) is 4.79 Å². The van der Waals surface area contributed by atoms with Gasteiger partial charge in [0.15, 0.2) is 0 Å². The molecule has 3 aromatic rings. The predicted octanol–water partition coefficient (Wildman–Crippen LogP) is 5.43. The van der Waals surface area contributed by atoms with E-state index >= 15 is 0 Å². The van der Waals surface area contributed by atoms with Crippen LogP contribution in [0.5, 0.6) is 0 Å². The zero-order chi connectivity index (χ0) is 19.1. The second-order valence-electron chi connectivity index (χ2n) is 7.03. The second-order valence-corrected chi connectivity index (χ2v) is 7.03. The van der Waals surface area contributed by atoms with Crippen molar-refractivity contribution in [1.29, 1.82) is 0 Å². The molecular formula is C24H26N2O. The zero-order valence-corrected chi connectivity index (χ0v) is 15.9. The molecule has 0 radical (unpaired) electrons. The van der Waals surface area contributed by atoms with Crippen LogP contribution < -0.4 is 10.6 Å². The van der Waals surface area contributed by atoms with E-state index in [1.54, 1.807) is 0 Å². The van der Waals surface area contributed by atoms with Crippen LogP contribution in [0.3, 0.4) is 0 Å². The first kappa shape index (κ1) is 18.9. The van der Waals surface area contributed by atoms with Crippen molar-refractivity contribution < 1.29 is 4.79 Å². The van der Waals surface area contributed by atoms with Crippen LogP contribution in [-0.2, 0) is 6.54 Å². The summed E-state index contributed by atoms with van der Waals surface area (Å²) in [6.07, 6.45) is 0. The summed E-state index contributed by atoms with van der Waals surface area (Å²) in [6, 6.07) is 28.1. The Morgan fingerprint density at radius 1 is 0.815 bits per heavy atom. The number of para-hydroxylation sites is 1. The van der Waals surface area contributed by atoms with Crippen molar-refractivity contribution in [3.05, 3.63) is 102 Å². The lowest BCUT2D eigenvalue weighted by molar-refractivity contribution is 0.102. The normalized spacial score (nSPS) is 12.0. The average molecular weight is 358 g/mol. The molecule has 0 aliphatic rings. The molecule has 0 fully saturated rings. The Kier molecular flexibility index (Phi) is 6.39. The number of anilines is 1. The van der Waals surface area contributed by atoms with Crippen LogP contribution in [0.15, 0.2) is 84.9 Å². The highest BCUT2D eigenvalue weighted by molar-refractivity contribution is 6.04. The Hall–Kier alpha value is -2.91. The third-order valence-corrected chi connectivity index (χ3v) is 4.60. The van der Waals surface area contributed by atoms with Crippen molar-refractivity contribution in [3.8, 4) is 0 Å². The summed E-state index contributed by atoms with van der Waals surface area (Å²) < 4.78 is 0. The van der Waals surface area contributed by atoms with Gasteiger partial charge in [-0.25, -0.2) is 0 Å². The molecule has 0 aliphatic heterocycles. The number of rotatable bonds is 7. The molecule has 1 atom stereocenters. The highest BCUT2D eigenvalue weighted by Crippen LogP contribution is 2.22. The van der Waals surface area contributed by atoms with Crippen LogP contribution in [0.4, 0.5) is 5.69 Å². The summed E-state index contributed by atoms with van der Waals surface area (Å²) in [4.78, 5) is 12.3. The molecule has 0 unspecified atom stereocenters. The molecule has 2 N–H and O–H groups in total. The molecular weight excluding hydrogens is 332 g/mol. The number of hydrogen-bond acceptors (Lipinski definition) is 2. The van der Waals surface area contributed by atoms with Gasteiger partial charge in [-0.05, 0) is 41.3 Å². The molecule has 0 saturated heterocycles. The standard InChI is InChI=1S/C24H26N2O/c1-18(2)23(20-9-5-3-6-10-20)25-17-19-13-15-21(16-14-19)24(27)26-22-11-7-4-8-12-22/h3-16,18,23,25H,17H2,1-2H3,(H,26,27)/t23-/m0/s1. The molecule has 0 bridgehead atoms. The van der Waals surface area contributed by atoms with Gasteiger partial charge in [-0.15, -0.1) is 0 Å². The van der Waals surface area contributed by atoms with E-state index in [4.69, 9.17) is 0 Å². The Labute approximate surface area is 161 Å². The molecule has 0 heterocycles. The predicted molar refractivity (Wildman–Crippen MR) is 112 cm³/mol. The van der Waals surface area contributed by atoms with Crippen LogP contribution >= 0.6 is 0 Å². The fourth-order valence-electron chi connectivity index (χ4n) is 3.13. The lowest BCUT2D eigenvalue weighted by Gasteiger charge is -2.23. The smallest absolute Gasteiger partial charge is 0.255 e. The first-order valence-electron chi connectivity index (χ1n) is 9.37. The summed E-state index contributed by atoms with van der Waals surface area (Å²) in [5, 5.41) is 6.55. The first-order chi connectivity index (χ1) is 13.1. The lowest BCUT2D eigenvalue weighted by Crippen LogP contribution is -2.25. The van der Waals surface area contributed by atoms with E-state index < -0.39 is 0 Å². The average Bonchev–Trinajstić information content (AvgIpc) is 2.70. The second kappa shape index (κ2) is 9.15. The Bertz CT molecular complexity index is 843. The van der Waals surface area contributed by atoms with Gasteiger partial charge in [0, 0.05) is 23.8 Å². The van der Waals surface area contributed by atoms with Crippen molar-refractivity contribution in [2.75, 3.05) is 5.32 Å². The minimum absolute atomic E-state index is 0.0925. The van der Waals surface area contributed by atoms with Crippen LogP contribution in [0, 0.1) is 5.92 Å². The largest absolute Gasteiger partial charge is 0.322 e. The van der Waals surface area contributed by atoms with Gasteiger partial charge in [0.25, 0.3) is 5.91 Å². The fraction of sp³-hybridized carbons (Fsp3) is 0.208. The molecule has 0 spiro atoms. The molecule has 3 rings (SSSR count). The molecule has 0 saturated carbocycles. The number of amides is 1. The Balaban J connectivity index is 1.61. The SMILES string of the molecule is CC(C)[C@H](NCc1ccc(C(=O)Nc2ccccc2)cc1)c1ccccc1. The molecule has 0 aromatic heterocycles. The minimum Gasteiger partial charge on any atom is -0.322 e. The monoisotopic (exact) mass is 358 g/mol. The molecule has 0 aliphatic carbocycles. The summed E-state index contributed by atoms with van der Waals surface area (Å²) in [7, 11) is 0. The van der Waals surface area contributed by atoms with Crippen molar-refractivity contribution >= 4 is 11.6 Å². The van der Waals surface area contributed by atoms with E-state index in [0.29, 0.717) is 17.5 Å². The van der Waals surface area contributed by atoms with E-state index in [-0.39, 0.29) is 5.91 Å². The maximum atomic E-state index is 12.3. The van der Waals surface area contributed by atoms with Gasteiger partial charge in [-0.2, -0.15) is 0 Å². The van der Waals surface area contributed by atoms with Crippen LogP contribution in [0.1, 0.15) is 41.4 Å². The number of benzene rings is 3. The van der Waals surface area contributed by atoms with Crippen molar-refractivity contribution in [1.82, 2.24) is 5.32 Å². The Morgan fingerprint density at radius 3 is 2.00 bits per heavy atom. The number of hydrogen-bond donors (Lipinski definition) is 2. The minimum atomic E-state index is -0.0925. The quantitative estimate of drug-likeness (QED) is 0.591. The molecule has 3 heteroatoms. The van der Waals surface area contributed by atoms with Gasteiger partial charge in [0.2, 0.25) is 0 Å². The van der Waals surface area contributed by atoms with Gasteiger partial charge >= 0.3 is 0 Å². The van der Waals surface area contributed by atoms with Gasteiger partial charge < -0.3 is 10.6 Å². The van der Waals surface area contributed by atoms with Gasteiger partial charge in [0.1, 0.15) is 0 Å². The highest BCUT2D eigenvalue weighted by atomic mass is 16.1. The highest BCUT2D eigenvalue weighted by Gasteiger charge is 2.14. The first-order valence-corrected chi connectivity index (χ1v) is 9.37. The topological polar surface area (TPSA) is 41.1 Å². The Morgan fingerprint density at radius 2 is 1.41 bits per heavy atom. The van der Waals surface area contributed by atoms with E-state index in [9.17, 15) is 4.79 Å². The summed E-state index contributed by atoms with van der Waals surface area (Å²) >= 11 is 0. The van der Waals surface area contributed by atoms with Crippen molar-refractivity contribution in [3.63, 3.8) is 0 Å². The summed E-state index contributed by atoms with van der Waals surface area (Å²) in [6.45, 7) is 5.21. The van der Waals surface area contributed by atoms with Crippen LogP contribution in [0.25, 0.3) is 0 Å². The fourth-order valence-corrected chi connectivity index (χ4v) is 3.13. The molecule has 3 aromatic carbocycles. The maximum Gasteiger partial charge on any atom is 0.255 e. The molecule has 27 heavy (non-hydrogen) atoms. The van der Waals surface area contributed by atoms with Crippen LogP contribution in [0.2, 0.25) is 0 Å². The van der Waals surface area contributed by atoms with Crippen LogP contribution in [-0.4, -0.2) is 5.91 Å². The summed E-state index contributed by atoms with van der Waals surface area (Å²) in [5.41, 5.74) is 3.92. The van der Waals surface area contributed by atoms with E-state index in [2.05, 4.69) is 48.7 Å². The third kappa shape index (κ3) is 5.28. The molecule has 138 valence electrons. The third-order valence-electron chi connectivity index (χ3n) is 4.60. The van der Waals surface area contributed by atoms with Gasteiger partial charge in [-0.1, -0.05) is 74.5 Å². The number of carbonyl (C=O) groups excluding carboxylic acids is 1. The number of nitrogens with one attached hydrogen (secondary N) is 2. The maximum absolute atomic E-state index is 12.3. The van der Waals surface area contributed by atoms with E-state index in [1.165, 1.54) is 5.56 Å². The van der Waals surface area contributed by atoms with E-state index in [0.717, 1.165) is 17.8 Å². The van der Waals surface area contributed by atoms with Crippen molar-refractivity contribution in [2.24, 2.45) is 5.92 Å². The lowest BCUT2D eigenvalue weighted by atomic mass is 9.96. The van der Waals surface area contributed by atoms with E-state index in [1.807, 2.05) is 60.7 Å². The van der Waals surface area contributed by atoms with Gasteiger partial charge in [0.05, 0.1) is 0 Å². The van der Waals surface area contributed by atoms with Crippen molar-refractivity contribution in [2.45, 2.75) is 26.4 Å². The molecule has 3 nitrogen and oxygen atoms in total. The number of carbonyl (C=O) groups is 1. The summed E-state index contributed by atoms with van der Waals surface area (Å²) in [5.74, 6) is 0.397. The zero-order valence-electron chi connectivity index (χ0n) is 15.9.